The van der Waals surface area contributed by atoms with Gasteiger partial charge in [-0.05, 0) is 40.9 Å². The second kappa shape index (κ2) is 6.19. The van der Waals surface area contributed by atoms with Crippen LogP contribution in [0.2, 0.25) is 10.2 Å². The summed E-state index contributed by atoms with van der Waals surface area (Å²) in [5, 5.41) is 0.360. The quantitative estimate of drug-likeness (QED) is 0.587. The average Bonchev–Trinajstić information content (AvgIpc) is 2.99. The Kier molecular flexibility index (Phi) is 4.48. The number of nitrogens with zero attached hydrogens (tertiary/aromatic N) is 2. The first kappa shape index (κ1) is 15.2. The average molecular weight is 390 g/mol. The SMILES string of the molecule is Fc1c(Cl)cccc1-c1nc(Cl)c(Br)c(C2CCCC2)n1. The fraction of sp³-hybridized carbons (Fsp3) is 0.333. The van der Waals surface area contributed by atoms with E-state index in [2.05, 4.69) is 25.9 Å². The normalized spacial score (nSPS) is 15.6. The van der Waals surface area contributed by atoms with Crippen LogP contribution in [0.3, 0.4) is 0 Å². The molecule has 1 aromatic carbocycles. The van der Waals surface area contributed by atoms with Crippen LogP contribution in [0, 0.1) is 5.82 Å². The Morgan fingerprint density at radius 2 is 1.86 bits per heavy atom. The highest BCUT2D eigenvalue weighted by Gasteiger charge is 2.24. The number of rotatable bonds is 2. The molecule has 2 nitrogen and oxygen atoms in total. The van der Waals surface area contributed by atoms with Crippen LogP contribution < -0.4 is 0 Å². The smallest absolute Gasteiger partial charge is 0.164 e. The lowest BCUT2D eigenvalue weighted by atomic mass is 10.0. The van der Waals surface area contributed by atoms with Crippen LogP contribution in [0.1, 0.15) is 37.3 Å². The van der Waals surface area contributed by atoms with Crippen LogP contribution in [-0.4, -0.2) is 9.97 Å². The van der Waals surface area contributed by atoms with Gasteiger partial charge in [-0.3, -0.25) is 0 Å². The van der Waals surface area contributed by atoms with Gasteiger partial charge in [0.25, 0.3) is 0 Å². The second-order valence-corrected chi connectivity index (χ2v) is 6.68. The van der Waals surface area contributed by atoms with E-state index in [1.165, 1.54) is 18.9 Å². The molecular formula is C15H12BrCl2FN2. The summed E-state index contributed by atoms with van der Waals surface area (Å²) in [5.74, 6) is 0.112. The first-order valence-corrected chi connectivity index (χ1v) is 8.30. The molecule has 0 N–H and O–H groups in total. The van der Waals surface area contributed by atoms with Crippen molar-refractivity contribution in [2.75, 3.05) is 0 Å². The predicted molar refractivity (Wildman–Crippen MR) is 86.4 cm³/mol. The van der Waals surface area contributed by atoms with Crippen molar-refractivity contribution in [3.05, 3.63) is 44.4 Å². The summed E-state index contributed by atoms with van der Waals surface area (Å²) >= 11 is 15.5. The molecule has 110 valence electrons. The van der Waals surface area contributed by atoms with Gasteiger partial charge in [-0.1, -0.05) is 42.1 Å². The molecular weight excluding hydrogens is 378 g/mol. The maximum atomic E-state index is 14.2. The molecule has 1 aliphatic carbocycles. The minimum Gasteiger partial charge on any atom is -0.231 e. The van der Waals surface area contributed by atoms with Gasteiger partial charge < -0.3 is 0 Å². The van der Waals surface area contributed by atoms with Crippen molar-refractivity contribution in [3.8, 4) is 11.4 Å². The van der Waals surface area contributed by atoms with Crippen LogP contribution in [-0.2, 0) is 0 Å². The fourth-order valence-corrected chi connectivity index (χ4v) is 3.56. The summed E-state index contributed by atoms with van der Waals surface area (Å²) in [6, 6.07) is 4.78. The molecule has 1 heterocycles. The largest absolute Gasteiger partial charge is 0.231 e. The van der Waals surface area contributed by atoms with Gasteiger partial charge in [-0.2, -0.15) is 0 Å². The molecule has 0 aliphatic heterocycles. The van der Waals surface area contributed by atoms with Gasteiger partial charge in [0.15, 0.2) is 11.6 Å². The molecule has 0 amide bonds. The zero-order chi connectivity index (χ0) is 15.0. The van der Waals surface area contributed by atoms with Gasteiger partial charge in [-0.15, -0.1) is 0 Å². The first-order valence-electron chi connectivity index (χ1n) is 6.75. The van der Waals surface area contributed by atoms with Crippen molar-refractivity contribution in [2.24, 2.45) is 0 Å². The molecule has 3 rings (SSSR count). The first-order chi connectivity index (χ1) is 10.1. The topological polar surface area (TPSA) is 25.8 Å². The Hall–Kier alpha value is -0.710. The molecule has 1 fully saturated rings. The lowest BCUT2D eigenvalue weighted by Crippen LogP contribution is -2.03. The summed E-state index contributed by atoms with van der Waals surface area (Å²) in [6.45, 7) is 0. The molecule has 1 saturated carbocycles. The third-order valence-electron chi connectivity index (χ3n) is 3.77. The Balaban J connectivity index is 2.13. The van der Waals surface area contributed by atoms with Crippen LogP contribution in [0.4, 0.5) is 4.39 Å². The monoisotopic (exact) mass is 388 g/mol. The Morgan fingerprint density at radius 1 is 1.14 bits per heavy atom. The van der Waals surface area contributed by atoms with E-state index < -0.39 is 5.82 Å². The number of hydrogen-bond donors (Lipinski definition) is 0. The maximum absolute atomic E-state index is 14.2. The van der Waals surface area contributed by atoms with Crippen LogP contribution in [0.15, 0.2) is 22.7 Å². The molecule has 0 atom stereocenters. The third kappa shape index (κ3) is 2.94. The minimum atomic E-state index is -0.519. The minimum absolute atomic E-state index is 0.0533. The lowest BCUT2D eigenvalue weighted by Gasteiger charge is -2.14. The number of benzene rings is 1. The van der Waals surface area contributed by atoms with Crippen molar-refractivity contribution in [1.29, 1.82) is 0 Å². The van der Waals surface area contributed by atoms with Gasteiger partial charge in [0, 0.05) is 5.92 Å². The molecule has 0 unspecified atom stereocenters. The zero-order valence-corrected chi connectivity index (χ0v) is 14.1. The van der Waals surface area contributed by atoms with Crippen LogP contribution >= 0.6 is 39.1 Å². The van der Waals surface area contributed by atoms with Gasteiger partial charge in [0.05, 0.1) is 20.8 Å². The van der Waals surface area contributed by atoms with Crippen LogP contribution in [0.25, 0.3) is 11.4 Å². The standard InChI is InChI=1S/C15H12BrCl2FN2/c16-11-13(8-4-1-2-5-8)20-15(21-14(11)18)9-6-3-7-10(17)12(9)19/h3,6-8H,1-2,4-5H2. The Bertz CT molecular complexity index is 688. The number of hydrogen-bond acceptors (Lipinski definition) is 2. The highest BCUT2D eigenvalue weighted by Crippen LogP contribution is 2.39. The van der Waals surface area contributed by atoms with Crippen molar-refractivity contribution in [3.63, 3.8) is 0 Å². The zero-order valence-electron chi connectivity index (χ0n) is 11.0. The summed E-state index contributed by atoms with van der Waals surface area (Å²) in [4.78, 5) is 8.73. The maximum Gasteiger partial charge on any atom is 0.164 e. The highest BCUT2D eigenvalue weighted by atomic mass is 79.9. The van der Waals surface area contributed by atoms with E-state index in [4.69, 9.17) is 23.2 Å². The highest BCUT2D eigenvalue weighted by molar-refractivity contribution is 9.10. The molecule has 1 aliphatic rings. The predicted octanol–water partition coefficient (Wildman–Crippen LogP) is 6.01. The van der Waals surface area contributed by atoms with E-state index in [9.17, 15) is 4.39 Å². The summed E-state index contributed by atoms with van der Waals surface area (Å²) < 4.78 is 14.9. The summed E-state index contributed by atoms with van der Waals surface area (Å²) in [6.07, 6.45) is 4.51. The third-order valence-corrected chi connectivity index (χ3v) is 5.35. The molecule has 0 radical (unpaired) electrons. The van der Waals surface area contributed by atoms with Crippen molar-refractivity contribution >= 4 is 39.1 Å². The van der Waals surface area contributed by atoms with E-state index in [0.29, 0.717) is 15.5 Å². The van der Waals surface area contributed by atoms with E-state index in [-0.39, 0.29) is 16.4 Å². The van der Waals surface area contributed by atoms with Gasteiger partial charge in [0.1, 0.15) is 5.15 Å². The van der Waals surface area contributed by atoms with Gasteiger partial charge in [0.2, 0.25) is 0 Å². The molecule has 0 bridgehead atoms. The van der Waals surface area contributed by atoms with E-state index in [0.717, 1.165) is 18.5 Å². The molecule has 0 saturated heterocycles. The molecule has 0 spiro atoms. The number of aromatic nitrogens is 2. The summed E-state index contributed by atoms with van der Waals surface area (Å²) in [5.41, 5.74) is 1.14. The van der Waals surface area contributed by atoms with E-state index in [1.807, 2.05) is 0 Å². The molecule has 6 heteroatoms. The summed E-state index contributed by atoms with van der Waals surface area (Å²) in [7, 11) is 0. The fourth-order valence-electron chi connectivity index (χ4n) is 2.70. The lowest BCUT2D eigenvalue weighted by molar-refractivity contribution is 0.629. The van der Waals surface area contributed by atoms with Gasteiger partial charge in [-0.25, -0.2) is 14.4 Å². The second-order valence-electron chi connectivity index (χ2n) is 5.12. The van der Waals surface area contributed by atoms with Crippen molar-refractivity contribution < 1.29 is 4.39 Å². The Labute approximate surface area is 140 Å². The van der Waals surface area contributed by atoms with E-state index in [1.54, 1.807) is 12.1 Å². The van der Waals surface area contributed by atoms with Crippen molar-refractivity contribution in [1.82, 2.24) is 9.97 Å². The van der Waals surface area contributed by atoms with Crippen LogP contribution in [0.5, 0.6) is 0 Å². The van der Waals surface area contributed by atoms with Crippen molar-refractivity contribution in [2.45, 2.75) is 31.6 Å². The molecule has 21 heavy (non-hydrogen) atoms. The Morgan fingerprint density at radius 3 is 2.57 bits per heavy atom. The number of halogens is 4. The van der Waals surface area contributed by atoms with E-state index >= 15 is 0 Å². The van der Waals surface area contributed by atoms with Gasteiger partial charge >= 0.3 is 0 Å². The molecule has 1 aromatic heterocycles. The molecule has 2 aromatic rings.